The van der Waals surface area contributed by atoms with Crippen LogP contribution in [0.1, 0.15) is 46.1 Å². The molecule has 8 bridgehead atoms. The molecule has 236 valence electrons. The molecule has 0 aliphatic carbocycles. The Labute approximate surface area is 270 Å². The Morgan fingerprint density at radius 1 is 0.354 bits per heavy atom. The van der Waals surface area contributed by atoms with Crippen LogP contribution in [0.15, 0.2) is 73.8 Å². The van der Waals surface area contributed by atoms with E-state index in [0.29, 0.717) is 23.3 Å². The molecule has 0 spiro atoms. The van der Waals surface area contributed by atoms with Gasteiger partial charge < -0.3 is 38.2 Å². The Morgan fingerprint density at radius 3 is 0.812 bits per heavy atom. The van der Waals surface area contributed by atoms with E-state index < -0.39 is 0 Å². The van der Waals surface area contributed by atoms with Gasteiger partial charge in [0.1, 0.15) is 25.3 Å². The smallest absolute Gasteiger partial charge is 0.167 e. The van der Waals surface area contributed by atoms with Gasteiger partial charge in [-0.05, 0) is 48.5 Å². The van der Waals surface area contributed by atoms with Crippen LogP contribution in [-0.2, 0) is 28.2 Å². The van der Waals surface area contributed by atoms with Crippen LogP contribution in [0.3, 0.4) is 0 Å². The Hall–Kier alpha value is -6.84. The topological polar surface area (TPSA) is 186 Å². The lowest BCUT2D eigenvalue weighted by Gasteiger charge is -2.08. The van der Waals surface area contributed by atoms with E-state index in [-0.39, 0.29) is 0 Å². The van der Waals surface area contributed by atoms with Crippen molar-refractivity contribution in [2.45, 2.75) is 0 Å². The van der Waals surface area contributed by atoms with Crippen LogP contribution in [0, 0.1) is 0 Å². The highest BCUT2D eigenvalue weighted by Gasteiger charge is 2.23. The number of rotatable bonds is 4. The molecule has 16 heteroatoms. The maximum absolute atomic E-state index is 4.51. The van der Waals surface area contributed by atoms with E-state index >= 15 is 0 Å². The molecule has 8 aromatic heterocycles. The van der Waals surface area contributed by atoms with Crippen molar-refractivity contribution >= 4 is 22.3 Å². The maximum Gasteiger partial charge on any atom is 0.167 e. The van der Waals surface area contributed by atoms with E-state index in [1.807, 2.05) is 95.0 Å². The molecule has 0 atom stereocenters. The van der Waals surface area contributed by atoms with Crippen LogP contribution >= 0.6 is 0 Å². The summed E-state index contributed by atoms with van der Waals surface area (Å²) in [6, 6.07) is 16.3. The molecule has 4 N–H and O–H groups in total. The number of fused-ring (bicyclic) bond motifs is 8. The molecular weight excluding hydrogens is 608 g/mol. The van der Waals surface area contributed by atoms with Gasteiger partial charge in [-0.15, -0.1) is 40.8 Å². The fraction of sp³-hybridized carbons (Fsp3) is 0.125. The minimum atomic E-state index is 0.686. The Bertz CT molecular complexity index is 2380. The molecule has 1 aliphatic rings. The van der Waals surface area contributed by atoms with Crippen molar-refractivity contribution in [1.82, 2.24) is 79.0 Å². The number of hydrogen-bond acceptors (Lipinski definition) is 8. The SMILES string of the molecule is Cn1cnnc1C1=c2ccc([nH]2)=C(c2nncn2C)c2ccc([nH]2)C(c2nncn2C)=c2ccc([nH]2)=C(c2nncn2C)c2ccc1[nH]2. The van der Waals surface area contributed by atoms with Gasteiger partial charge in [-0.25, -0.2) is 0 Å². The summed E-state index contributed by atoms with van der Waals surface area (Å²) in [5.41, 5.74) is 6.70. The highest BCUT2D eigenvalue weighted by Crippen LogP contribution is 2.25. The molecule has 0 radical (unpaired) electrons. The highest BCUT2D eigenvalue weighted by molar-refractivity contribution is 5.81. The van der Waals surface area contributed by atoms with Crippen LogP contribution in [0.5, 0.6) is 0 Å². The van der Waals surface area contributed by atoms with E-state index in [9.17, 15) is 0 Å². The average molecular weight is 637 g/mol. The number of aromatic nitrogens is 16. The van der Waals surface area contributed by atoms with E-state index in [2.05, 4.69) is 60.7 Å². The lowest BCUT2D eigenvalue weighted by Crippen LogP contribution is -2.21. The summed E-state index contributed by atoms with van der Waals surface area (Å²) in [4.78, 5) is 14.7. The molecule has 0 unspecified atom stereocenters. The first kappa shape index (κ1) is 27.5. The van der Waals surface area contributed by atoms with Gasteiger partial charge >= 0.3 is 0 Å². The predicted molar refractivity (Wildman–Crippen MR) is 172 cm³/mol. The number of aromatic amines is 4. The molecule has 9 heterocycles. The Kier molecular flexibility index (Phi) is 5.92. The lowest BCUT2D eigenvalue weighted by atomic mass is 10.1. The van der Waals surface area contributed by atoms with Gasteiger partial charge in [0.05, 0.1) is 66.5 Å². The van der Waals surface area contributed by atoms with E-state index in [1.54, 1.807) is 25.3 Å². The van der Waals surface area contributed by atoms with Crippen molar-refractivity contribution in [3.63, 3.8) is 0 Å². The second-order valence-electron chi connectivity index (χ2n) is 11.7. The number of aryl methyl sites for hydroxylation is 4. The van der Waals surface area contributed by atoms with Crippen LogP contribution in [0.25, 0.3) is 22.3 Å². The zero-order chi connectivity index (χ0) is 32.5. The van der Waals surface area contributed by atoms with Gasteiger partial charge in [-0.1, -0.05) is 0 Å². The van der Waals surface area contributed by atoms with Crippen molar-refractivity contribution < 1.29 is 0 Å². The van der Waals surface area contributed by atoms with Crippen molar-refractivity contribution in [1.29, 1.82) is 0 Å². The molecule has 16 nitrogen and oxygen atoms in total. The Morgan fingerprint density at radius 2 is 0.604 bits per heavy atom. The Balaban J connectivity index is 1.46. The molecule has 0 saturated carbocycles. The van der Waals surface area contributed by atoms with Crippen molar-refractivity contribution in [2.75, 3.05) is 0 Å². The molecule has 9 rings (SSSR count). The predicted octanol–water partition coefficient (Wildman–Crippen LogP) is -1.18. The van der Waals surface area contributed by atoms with Gasteiger partial charge in [-0.3, -0.25) is 0 Å². The highest BCUT2D eigenvalue weighted by atomic mass is 15.3. The molecule has 0 saturated heterocycles. The first-order chi connectivity index (χ1) is 23.4. The summed E-state index contributed by atoms with van der Waals surface area (Å²) >= 11 is 0. The fourth-order valence-electron chi connectivity index (χ4n) is 6.33. The van der Waals surface area contributed by atoms with Crippen LogP contribution in [0.2, 0.25) is 0 Å². The number of hydrogen-bond donors (Lipinski definition) is 4. The molecule has 0 fully saturated rings. The van der Waals surface area contributed by atoms with Crippen molar-refractivity contribution in [3.8, 4) is 0 Å². The maximum atomic E-state index is 4.51. The van der Waals surface area contributed by atoms with Gasteiger partial charge in [0.2, 0.25) is 0 Å². The summed E-state index contributed by atoms with van der Waals surface area (Å²) in [7, 11) is 7.70. The van der Waals surface area contributed by atoms with Crippen molar-refractivity contribution in [2.24, 2.45) is 28.2 Å². The molecule has 48 heavy (non-hydrogen) atoms. The zero-order valence-corrected chi connectivity index (χ0v) is 26.3. The zero-order valence-electron chi connectivity index (χ0n) is 26.3. The summed E-state index contributed by atoms with van der Waals surface area (Å²) in [5, 5.41) is 38.2. The van der Waals surface area contributed by atoms with Gasteiger partial charge in [0.25, 0.3) is 0 Å². The minimum absolute atomic E-state index is 0.686. The molecule has 1 aliphatic heterocycles. The normalized spacial score (nSPS) is 13.2. The summed E-state index contributed by atoms with van der Waals surface area (Å²) < 4.78 is 7.59. The molecule has 0 aromatic carbocycles. The minimum Gasteiger partial charge on any atom is -0.354 e. The van der Waals surface area contributed by atoms with E-state index in [4.69, 9.17) is 0 Å². The number of nitrogens with one attached hydrogen (secondary N) is 4. The third-order valence-electron chi connectivity index (χ3n) is 8.64. The largest absolute Gasteiger partial charge is 0.354 e. The van der Waals surface area contributed by atoms with Gasteiger partial charge in [0, 0.05) is 28.2 Å². The summed E-state index contributed by atoms with van der Waals surface area (Å²) in [6.45, 7) is 0. The molecule has 8 aromatic rings. The number of nitrogens with zero attached hydrogens (tertiary/aromatic N) is 12. The molecule has 0 amide bonds. The summed E-state index contributed by atoms with van der Waals surface area (Å²) in [6.07, 6.45) is 6.76. The second-order valence-corrected chi connectivity index (χ2v) is 11.7. The van der Waals surface area contributed by atoms with E-state index in [0.717, 1.165) is 66.5 Å². The second kappa shape index (κ2) is 10.3. The quantitative estimate of drug-likeness (QED) is 0.186. The van der Waals surface area contributed by atoms with Crippen LogP contribution in [-0.4, -0.2) is 79.0 Å². The third kappa shape index (κ3) is 4.15. The van der Waals surface area contributed by atoms with Crippen molar-refractivity contribution in [3.05, 3.63) is 141 Å². The lowest BCUT2D eigenvalue weighted by molar-refractivity contribution is 0.881. The standard InChI is InChI=1S/C32H28N16/c1-45-13-33-41-29(45)25-17-5-7-19(37-17)26(30-42-34-14-46(30)2)21-9-11-23(39-21)28(32-44-36-16-48(32)4)24-12-10-22(40-24)27(20-8-6-18(25)38-20)31-43-35-15-47(31)3/h5-16,37-40H,1-4H3. The monoisotopic (exact) mass is 636 g/mol. The first-order valence-corrected chi connectivity index (χ1v) is 15.1. The number of H-pyrrole nitrogens is 4. The fourth-order valence-corrected chi connectivity index (χ4v) is 6.33. The van der Waals surface area contributed by atoms with Crippen LogP contribution in [0.4, 0.5) is 0 Å². The third-order valence-corrected chi connectivity index (χ3v) is 8.64. The summed E-state index contributed by atoms with van der Waals surface area (Å²) in [5.74, 6) is 2.74. The average Bonchev–Trinajstić information content (AvgIpc) is 3.91. The van der Waals surface area contributed by atoms with Crippen LogP contribution < -0.4 is 21.4 Å². The first-order valence-electron chi connectivity index (χ1n) is 15.1. The van der Waals surface area contributed by atoms with Gasteiger partial charge in [0.15, 0.2) is 23.3 Å². The molecular formula is C32H28N16. The van der Waals surface area contributed by atoms with Gasteiger partial charge in [-0.2, -0.15) is 0 Å². The van der Waals surface area contributed by atoms with E-state index in [1.165, 1.54) is 0 Å².